The van der Waals surface area contributed by atoms with Crippen LogP contribution in [0.1, 0.15) is 24.8 Å². The molecule has 2 atom stereocenters. The second-order valence-corrected chi connectivity index (χ2v) is 4.90. The Balaban J connectivity index is 2.20. The number of hydrogen-bond donors (Lipinski definition) is 2. The van der Waals surface area contributed by atoms with Crippen LogP contribution in [-0.4, -0.2) is 31.6 Å². The lowest BCUT2D eigenvalue weighted by molar-refractivity contribution is -0.127. The summed E-state index contributed by atoms with van der Waals surface area (Å²) >= 11 is 0. The Bertz CT molecular complexity index is 533. The third-order valence-electron chi connectivity index (χ3n) is 3.18. The third kappa shape index (κ3) is 3.14. The van der Waals surface area contributed by atoms with Gasteiger partial charge in [-0.3, -0.25) is 9.59 Å². The number of hydrogen-bond acceptors (Lipinski definition) is 3. The SMILES string of the molecule is COCC(C)NC(=O)C1CC(=O)Nc2cc(F)ccc21. The van der Waals surface area contributed by atoms with Crippen molar-refractivity contribution in [2.75, 3.05) is 19.0 Å². The second kappa shape index (κ2) is 6.00. The van der Waals surface area contributed by atoms with Crippen molar-refractivity contribution < 1.29 is 18.7 Å². The van der Waals surface area contributed by atoms with Crippen LogP contribution >= 0.6 is 0 Å². The highest BCUT2D eigenvalue weighted by atomic mass is 19.1. The van der Waals surface area contributed by atoms with Gasteiger partial charge in [0.25, 0.3) is 0 Å². The average molecular weight is 280 g/mol. The molecule has 0 saturated heterocycles. The summed E-state index contributed by atoms with van der Waals surface area (Å²) in [6.07, 6.45) is 0.0597. The van der Waals surface area contributed by atoms with E-state index in [1.807, 2.05) is 6.92 Å². The van der Waals surface area contributed by atoms with Crippen molar-refractivity contribution >= 4 is 17.5 Å². The van der Waals surface area contributed by atoms with Gasteiger partial charge >= 0.3 is 0 Å². The molecule has 5 nitrogen and oxygen atoms in total. The highest BCUT2D eigenvalue weighted by Gasteiger charge is 2.31. The van der Waals surface area contributed by atoms with E-state index in [1.54, 1.807) is 7.11 Å². The molecule has 1 aromatic carbocycles. The lowest BCUT2D eigenvalue weighted by Crippen LogP contribution is -2.41. The highest BCUT2D eigenvalue weighted by Crippen LogP contribution is 2.32. The van der Waals surface area contributed by atoms with E-state index in [1.165, 1.54) is 18.2 Å². The highest BCUT2D eigenvalue weighted by molar-refractivity contribution is 6.01. The fraction of sp³-hybridized carbons (Fsp3) is 0.429. The number of rotatable bonds is 4. The molecule has 0 radical (unpaired) electrons. The van der Waals surface area contributed by atoms with Crippen LogP contribution in [-0.2, 0) is 14.3 Å². The van der Waals surface area contributed by atoms with Crippen LogP contribution in [0.15, 0.2) is 18.2 Å². The molecule has 2 unspecified atom stereocenters. The van der Waals surface area contributed by atoms with E-state index in [4.69, 9.17) is 4.74 Å². The molecule has 2 rings (SSSR count). The fourth-order valence-electron chi connectivity index (χ4n) is 2.31. The van der Waals surface area contributed by atoms with Crippen molar-refractivity contribution in [2.24, 2.45) is 0 Å². The summed E-state index contributed by atoms with van der Waals surface area (Å²) < 4.78 is 18.1. The van der Waals surface area contributed by atoms with E-state index in [0.717, 1.165) is 0 Å². The van der Waals surface area contributed by atoms with E-state index in [2.05, 4.69) is 10.6 Å². The van der Waals surface area contributed by atoms with Gasteiger partial charge in [-0.25, -0.2) is 4.39 Å². The molecular formula is C14H17FN2O3. The number of anilines is 1. The topological polar surface area (TPSA) is 67.4 Å². The van der Waals surface area contributed by atoms with Crippen LogP contribution in [0.2, 0.25) is 0 Å². The van der Waals surface area contributed by atoms with Crippen LogP contribution < -0.4 is 10.6 Å². The number of methoxy groups -OCH3 is 1. The smallest absolute Gasteiger partial charge is 0.228 e. The van der Waals surface area contributed by atoms with Gasteiger partial charge in [0.2, 0.25) is 11.8 Å². The molecule has 1 heterocycles. The average Bonchev–Trinajstić information content (AvgIpc) is 2.37. The Morgan fingerprint density at radius 1 is 1.60 bits per heavy atom. The zero-order valence-corrected chi connectivity index (χ0v) is 11.4. The number of ether oxygens (including phenoxy) is 1. The molecule has 1 aliphatic rings. The molecule has 0 spiro atoms. The Morgan fingerprint density at radius 3 is 3.05 bits per heavy atom. The Kier molecular flexibility index (Phi) is 4.34. The molecule has 0 aromatic heterocycles. The monoisotopic (exact) mass is 280 g/mol. The summed E-state index contributed by atoms with van der Waals surface area (Å²) in [6, 6.07) is 3.90. The molecule has 2 N–H and O–H groups in total. The lowest BCUT2D eigenvalue weighted by Gasteiger charge is -2.26. The first kappa shape index (κ1) is 14.5. The van der Waals surface area contributed by atoms with Gasteiger partial charge in [0, 0.05) is 25.3 Å². The largest absolute Gasteiger partial charge is 0.383 e. The summed E-state index contributed by atoms with van der Waals surface area (Å²) in [4.78, 5) is 23.9. The molecule has 2 amide bonds. The first-order valence-corrected chi connectivity index (χ1v) is 6.40. The van der Waals surface area contributed by atoms with Crippen molar-refractivity contribution in [1.82, 2.24) is 5.32 Å². The van der Waals surface area contributed by atoms with Gasteiger partial charge in [-0.05, 0) is 24.6 Å². The zero-order valence-electron chi connectivity index (χ0n) is 11.4. The minimum atomic E-state index is -0.598. The van der Waals surface area contributed by atoms with Crippen LogP contribution in [0.25, 0.3) is 0 Å². The number of benzene rings is 1. The maximum absolute atomic E-state index is 13.2. The fourth-order valence-corrected chi connectivity index (χ4v) is 2.31. The van der Waals surface area contributed by atoms with Crippen LogP contribution in [0.5, 0.6) is 0 Å². The molecule has 108 valence electrons. The van der Waals surface area contributed by atoms with Gasteiger partial charge in [-0.2, -0.15) is 0 Å². The molecule has 0 fully saturated rings. The number of fused-ring (bicyclic) bond motifs is 1. The quantitative estimate of drug-likeness (QED) is 0.876. The van der Waals surface area contributed by atoms with E-state index < -0.39 is 11.7 Å². The minimum Gasteiger partial charge on any atom is -0.383 e. The number of carbonyl (C=O) groups excluding carboxylic acids is 2. The summed E-state index contributed by atoms with van der Waals surface area (Å²) in [5, 5.41) is 5.37. The third-order valence-corrected chi connectivity index (χ3v) is 3.18. The molecular weight excluding hydrogens is 263 g/mol. The minimum absolute atomic E-state index is 0.0597. The lowest BCUT2D eigenvalue weighted by atomic mass is 9.89. The van der Waals surface area contributed by atoms with E-state index in [0.29, 0.717) is 17.9 Å². The standard InChI is InChI=1S/C14H17FN2O3/c1-8(7-20-2)16-14(19)11-6-13(18)17-12-5-9(15)3-4-10(11)12/h3-5,8,11H,6-7H2,1-2H3,(H,16,19)(H,17,18). The predicted octanol–water partition coefficient (Wildman–Crippen LogP) is 1.40. The molecule has 6 heteroatoms. The van der Waals surface area contributed by atoms with Crippen LogP contribution in [0.3, 0.4) is 0 Å². The summed E-state index contributed by atoms with van der Waals surface area (Å²) in [5.41, 5.74) is 0.994. The second-order valence-electron chi connectivity index (χ2n) is 4.90. The van der Waals surface area contributed by atoms with Crippen LogP contribution in [0, 0.1) is 5.82 Å². The van der Waals surface area contributed by atoms with Gasteiger partial charge < -0.3 is 15.4 Å². The Labute approximate surface area is 116 Å². The molecule has 0 bridgehead atoms. The van der Waals surface area contributed by atoms with Crippen molar-refractivity contribution in [3.63, 3.8) is 0 Å². The normalized spacial score (nSPS) is 18.9. The number of carbonyl (C=O) groups is 2. The summed E-state index contributed by atoms with van der Waals surface area (Å²) in [5.74, 6) is -1.59. The zero-order chi connectivity index (χ0) is 14.7. The maximum Gasteiger partial charge on any atom is 0.228 e. The van der Waals surface area contributed by atoms with E-state index in [-0.39, 0.29) is 24.3 Å². The van der Waals surface area contributed by atoms with Crippen molar-refractivity contribution in [1.29, 1.82) is 0 Å². The van der Waals surface area contributed by atoms with E-state index >= 15 is 0 Å². The van der Waals surface area contributed by atoms with Crippen molar-refractivity contribution in [3.05, 3.63) is 29.6 Å². The summed E-state index contributed by atoms with van der Waals surface area (Å²) in [6.45, 7) is 2.21. The Morgan fingerprint density at radius 2 is 2.35 bits per heavy atom. The van der Waals surface area contributed by atoms with Gasteiger partial charge in [0.1, 0.15) is 5.82 Å². The van der Waals surface area contributed by atoms with Gasteiger partial charge in [-0.15, -0.1) is 0 Å². The first-order valence-electron chi connectivity index (χ1n) is 6.40. The Hall–Kier alpha value is -1.95. The van der Waals surface area contributed by atoms with Crippen molar-refractivity contribution in [3.8, 4) is 0 Å². The summed E-state index contributed by atoms with van der Waals surface area (Å²) in [7, 11) is 1.55. The number of nitrogens with one attached hydrogen (secondary N) is 2. The van der Waals surface area contributed by atoms with Crippen LogP contribution in [0.4, 0.5) is 10.1 Å². The molecule has 1 aromatic rings. The maximum atomic E-state index is 13.2. The molecule has 20 heavy (non-hydrogen) atoms. The molecule has 0 aliphatic carbocycles. The first-order chi connectivity index (χ1) is 9.51. The van der Waals surface area contributed by atoms with E-state index in [9.17, 15) is 14.0 Å². The molecule has 0 saturated carbocycles. The molecule has 1 aliphatic heterocycles. The van der Waals surface area contributed by atoms with Gasteiger partial charge in [0.15, 0.2) is 0 Å². The van der Waals surface area contributed by atoms with Gasteiger partial charge in [0.05, 0.1) is 12.5 Å². The number of amides is 2. The van der Waals surface area contributed by atoms with Gasteiger partial charge in [-0.1, -0.05) is 6.07 Å². The number of halogens is 1. The van der Waals surface area contributed by atoms with Crippen molar-refractivity contribution in [2.45, 2.75) is 25.3 Å². The predicted molar refractivity (Wildman–Crippen MR) is 71.9 cm³/mol.